The molecular formula is C26H32N2O3. The van der Waals surface area contributed by atoms with Gasteiger partial charge in [-0.1, -0.05) is 75.4 Å². The van der Waals surface area contributed by atoms with Crippen molar-refractivity contribution in [3.8, 4) is 0 Å². The van der Waals surface area contributed by atoms with Gasteiger partial charge >= 0.3 is 0 Å². The number of hydrogen-bond donors (Lipinski definition) is 0. The van der Waals surface area contributed by atoms with Gasteiger partial charge in [-0.3, -0.25) is 14.4 Å². The Morgan fingerprint density at radius 2 is 1.39 bits per heavy atom. The third-order valence-corrected chi connectivity index (χ3v) is 5.83. The summed E-state index contributed by atoms with van der Waals surface area (Å²) in [5, 5.41) is 0. The monoisotopic (exact) mass is 420 g/mol. The number of rotatable bonds is 6. The Kier molecular flexibility index (Phi) is 7.26. The van der Waals surface area contributed by atoms with Crippen molar-refractivity contribution >= 4 is 17.6 Å². The summed E-state index contributed by atoms with van der Waals surface area (Å²) in [7, 11) is 0. The number of amides is 2. The van der Waals surface area contributed by atoms with E-state index in [0.29, 0.717) is 38.2 Å². The molecule has 1 aliphatic rings. The molecule has 1 aliphatic heterocycles. The Balaban J connectivity index is 1.46. The predicted octanol–water partition coefficient (Wildman–Crippen LogP) is 3.86. The lowest BCUT2D eigenvalue weighted by Gasteiger charge is -2.34. The molecule has 0 radical (unpaired) electrons. The van der Waals surface area contributed by atoms with Gasteiger partial charge in [0.15, 0.2) is 0 Å². The highest BCUT2D eigenvalue weighted by Crippen LogP contribution is 2.22. The number of carbonyl (C=O) groups is 3. The molecule has 0 atom stereocenters. The van der Waals surface area contributed by atoms with Crippen LogP contribution in [0.5, 0.6) is 0 Å². The van der Waals surface area contributed by atoms with E-state index in [1.807, 2.05) is 30.3 Å². The number of nitrogens with zero attached hydrogens (tertiary/aromatic N) is 2. The van der Waals surface area contributed by atoms with E-state index >= 15 is 0 Å². The highest BCUT2D eigenvalue weighted by atomic mass is 16.2. The van der Waals surface area contributed by atoms with Crippen LogP contribution in [0.15, 0.2) is 54.6 Å². The van der Waals surface area contributed by atoms with Crippen LogP contribution in [0.2, 0.25) is 0 Å². The average Bonchev–Trinajstić information content (AvgIpc) is 2.78. The lowest BCUT2D eigenvalue weighted by atomic mass is 9.86. The first-order valence-corrected chi connectivity index (χ1v) is 11.0. The van der Waals surface area contributed by atoms with Crippen molar-refractivity contribution in [1.82, 2.24) is 9.80 Å². The third kappa shape index (κ3) is 6.03. The van der Waals surface area contributed by atoms with Crippen LogP contribution in [0.3, 0.4) is 0 Å². The summed E-state index contributed by atoms with van der Waals surface area (Å²) < 4.78 is 0. The molecule has 164 valence electrons. The minimum atomic E-state index is -0.486. The third-order valence-electron chi connectivity index (χ3n) is 5.83. The summed E-state index contributed by atoms with van der Waals surface area (Å²) in [5.74, 6) is -0.852. The molecule has 0 bridgehead atoms. The summed E-state index contributed by atoms with van der Waals surface area (Å²) in [5.41, 5.74) is 2.77. The van der Waals surface area contributed by atoms with Crippen LogP contribution < -0.4 is 0 Å². The molecule has 2 amide bonds. The molecule has 0 aromatic heterocycles. The van der Waals surface area contributed by atoms with Crippen LogP contribution in [0, 0.1) is 0 Å². The van der Waals surface area contributed by atoms with Crippen LogP contribution in [-0.2, 0) is 21.4 Å². The molecule has 31 heavy (non-hydrogen) atoms. The number of piperazine rings is 1. The second-order valence-electron chi connectivity index (χ2n) is 9.17. The number of carbonyl (C=O) groups excluding carboxylic acids is 3. The van der Waals surface area contributed by atoms with Gasteiger partial charge in [-0.2, -0.15) is 0 Å². The summed E-state index contributed by atoms with van der Waals surface area (Å²) in [6.07, 6.45) is 2.19. The van der Waals surface area contributed by atoms with Crippen LogP contribution >= 0.6 is 0 Å². The first-order chi connectivity index (χ1) is 14.8. The standard InChI is InChI=1S/C26H32N2O3/c1-26(2,3)22-14-12-21(13-15-22)24(30)25(31)28-18-16-27(17-19-28)23(29)11-7-10-20-8-5-4-6-9-20/h4-6,8-9,12-15H,7,10-11,16-19H2,1-3H3. The summed E-state index contributed by atoms with van der Waals surface area (Å²) in [6, 6.07) is 17.4. The SMILES string of the molecule is CC(C)(C)c1ccc(C(=O)C(=O)N2CCN(C(=O)CCCc3ccccc3)CC2)cc1. The second kappa shape index (κ2) is 9.90. The molecule has 0 N–H and O–H groups in total. The normalized spacial score (nSPS) is 14.4. The average molecular weight is 421 g/mol. The van der Waals surface area contributed by atoms with E-state index < -0.39 is 11.7 Å². The van der Waals surface area contributed by atoms with Crippen LogP contribution in [0.4, 0.5) is 0 Å². The van der Waals surface area contributed by atoms with Gasteiger partial charge < -0.3 is 9.80 Å². The van der Waals surface area contributed by atoms with Crippen molar-refractivity contribution in [2.45, 2.75) is 45.4 Å². The van der Waals surface area contributed by atoms with Crippen molar-refractivity contribution in [1.29, 1.82) is 0 Å². The van der Waals surface area contributed by atoms with E-state index in [-0.39, 0.29) is 11.3 Å². The van der Waals surface area contributed by atoms with Crippen molar-refractivity contribution in [3.05, 3.63) is 71.3 Å². The predicted molar refractivity (Wildman–Crippen MR) is 122 cm³/mol. The van der Waals surface area contributed by atoms with Crippen LogP contribution in [-0.4, -0.2) is 53.6 Å². The maximum absolute atomic E-state index is 12.7. The van der Waals surface area contributed by atoms with E-state index in [1.165, 1.54) is 5.56 Å². The van der Waals surface area contributed by atoms with Gasteiger partial charge in [0.1, 0.15) is 0 Å². The Bertz CT molecular complexity index is 906. The van der Waals surface area contributed by atoms with Gasteiger partial charge in [0.05, 0.1) is 0 Å². The van der Waals surface area contributed by atoms with Gasteiger partial charge in [-0.25, -0.2) is 0 Å². The Morgan fingerprint density at radius 3 is 1.97 bits per heavy atom. The molecule has 0 spiro atoms. The van der Waals surface area contributed by atoms with E-state index in [2.05, 4.69) is 32.9 Å². The first kappa shape index (κ1) is 22.7. The fourth-order valence-electron chi connectivity index (χ4n) is 3.79. The molecule has 2 aromatic carbocycles. The highest BCUT2D eigenvalue weighted by molar-refractivity contribution is 6.42. The zero-order valence-electron chi connectivity index (χ0n) is 18.8. The van der Waals surface area contributed by atoms with Gasteiger partial charge in [-0.15, -0.1) is 0 Å². The molecule has 0 saturated carbocycles. The topological polar surface area (TPSA) is 57.7 Å². The number of aryl methyl sites for hydroxylation is 1. The molecular weight excluding hydrogens is 388 g/mol. The largest absolute Gasteiger partial charge is 0.339 e. The Morgan fingerprint density at radius 1 is 0.806 bits per heavy atom. The Hall–Kier alpha value is -2.95. The number of benzene rings is 2. The van der Waals surface area contributed by atoms with E-state index in [0.717, 1.165) is 18.4 Å². The van der Waals surface area contributed by atoms with Crippen molar-refractivity contribution in [2.24, 2.45) is 0 Å². The second-order valence-corrected chi connectivity index (χ2v) is 9.17. The highest BCUT2D eigenvalue weighted by Gasteiger charge is 2.28. The Labute approximate surface area is 185 Å². The fraction of sp³-hybridized carbons (Fsp3) is 0.423. The van der Waals surface area contributed by atoms with Crippen LogP contribution in [0.1, 0.15) is 55.1 Å². The maximum Gasteiger partial charge on any atom is 0.295 e. The van der Waals surface area contributed by atoms with E-state index in [9.17, 15) is 14.4 Å². The minimum absolute atomic E-state index is 0.00442. The van der Waals surface area contributed by atoms with Gasteiger partial charge in [-0.05, 0) is 29.4 Å². The van der Waals surface area contributed by atoms with Gasteiger partial charge in [0, 0.05) is 38.2 Å². The zero-order chi connectivity index (χ0) is 22.4. The summed E-state index contributed by atoms with van der Waals surface area (Å²) in [6.45, 7) is 8.08. The zero-order valence-corrected chi connectivity index (χ0v) is 18.8. The van der Waals surface area contributed by atoms with Crippen molar-refractivity contribution in [3.63, 3.8) is 0 Å². The van der Waals surface area contributed by atoms with Crippen molar-refractivity contribution < 1.29 is 14.4 Å². The molecule has 3 rings (SSSR count). The molecule has 0 unspecified atom stereocenters. The molecule has 5 nitrogen and oxygen atoms in total. The molecule has 2 aromatic rings. The lowest BCUT2D eigenvalue weighted by molar-refractivity contribution is -0.137. The smallest absolute Gasteiger partial charge is 0.295 e. The quantitative estimate of drug-likeness (QED) is 0.527. The van der Waals surface area contributed by atoms with E-state index in [4.69, 9.17) is 0 Å². The minimum Gasteiger partial charge on any atom is -0.339 e. The van der Waals surface area contributed by atoms with Crippen LogP contribution in [0.25, 0.3) is 0 Å². The lowest BCUT2D eigenvalue weighted by Crippen LogP contribution is -2.52. The number of Topliss-reactive ketones (excluding diaryl/α,β-unsaturated/α-hetero) is 1. The molecule has 1 saturated heterocycles. The molecule has 1 fully saturated rings. The van der Waals surface area contributed by atoms with Gasteiger partial charge in [0.25, 0.3) is 5.91 Å². The molecule has 1 heterocycles. The summed E-state index contributed by atoms with van der Waals surface area (Å²) in [4.78, 5) is 41.1. The molecule has 0 aliphatic carbocycles. The fourth-order valence-corrected chi connectivity index (χ4v) is 3.79. The number of hydrogen-bond acceptors (Lipinski definition) is 3. The van der Waals surface area contributed by atoms with E-state index in [1.54, 1.807) is 21.9 Å². The van der Waals surface area contributed by atoms with Gasteiger partial charge in [0.2, 0.25) is 11.7 Å². The maximum atomic E-state index is 12.7. The molecule has 5 heteroatoms. The van der Waals surface area contributed by atoms with Crippen molar-refractivity contribution in [2.75, 3.05) is 26.2 Å². The summed E-state index contributed by atoms with van der Waals surface area (Å²) >= 11 is 0. The first-order valence-electron chi connectivity index (χ1n) is 11.0. The number of ketones is 1.